The van der Waals surface area contributed by atoms with E-state index in [9.17, 15) is 0 Å². The van der Waals surface area contributed by atoms with Gasteiger partial charge in [-0.3, -0.25) is 0 Å². The van der Waals surface area contributed by atoms with Crippen LogP contribution in [0.15, 0.2) is 150 Å². The maximum atomic E-state index is 7.84. The molecule has 8 aromatic carbocycles. The molecule has 8 saturated carbocycles. The monoisotopic (exact) mass is 1020 g/mol. The van der Waals surface area contributed by atoms with Gasteiger partial charge in [0, 0.05) is 44.0 Å². The second-order valence-electron chi connectivity index (χ2n) is 29.3. The summed E-state index contributed by atoms with van der Waals surface area (Å²) in [5, 5.41) is 6.62. The van der Waals surface area contributed by atoms with Crippen LogP contribution in [-0.4, -0.2) is 11.3 Å². The summed E-state index contributed by atoms with van der Waals surface area (Å²) < 4.78 is 10.7. The lowest BCUT2D eigenvalue weighted by molar-refractivity contribution is -0.00527. The molecule has 4 heterocycles. The van der Waals surface area contributed by atoms with Gasteiger partial charge in [0.15, 0.2) is 0 Å². The van der Waals surface area contributed by atoms with E-state index in [1.165, 1.54) is 188 Å². The summed E-state index contributed by atoms with van der Waals surface area (Å²) in [6.07, 6.45) is 16.9. The maximum Gasteiger partial charge on any atom is 0.375 e. The first-order valence-corrected chi connectivity index (χ1v) is 30.8. The minimum absolute atomic E-state index is 0.0515. The Morgan fingerprint density at radius 1 is 0.519 bits per heavy atom. The number of anilines is 3. The Hall–Kier alpha value is -6.78. The highest BCUT2D eigenvalue weighted by molar-refractivity contribution is 6.89. The molecule has 8 bridgehead atoms. The normalized spacial score (nSPS) is 27.9. The standard InChI is InChI=1S/C75H69BN2O/c1-72(2,3)50-20-22-62(55(31-50)48-13-7-6-8-14-48)77-69-65-53-16-10-9-15-49(53)19-24-64(65)79-71(69)76-67-58(35-57-54-17-11-12-18-61(54)73(4,5)66(57)70(67)77)60-34-52(75-39-45-28-46(40-75)30-47(29-45)41-75)33-59-56-32-51(21-23-63(56)78(76)68(59)60)74-36-42-25-43(37-74)27-44(26-42)38-74/h6-24,31-35,42-47H,25-30,36-41H2,1-5H3. The van der Waals surface area contributed by atoms with Gasteiger partial charge in [0.2, 0.25) is 0 Å². The zero-order valence-corrected chi connectivity index (χ0v) is 46.7. The van der Waals surface area contributed by atoms with Gasteiger partial charge in [0.25, 0.3) is 0 Å². The van der Waals surface area contributed by atoms with E-state index in [1.807, 2.05) is 0 Å². The smallest absolute Gasteiger partial charge is 0.375 e. The highest BCUT2D eigenvalue weighted by Crippen LogP contribution is 2.65. The van der Waals surface area contributed by atoms with Crippen molar-refractivity contribution < 1.29 is 4.42 Å². The molecule has 11 aliphatic rings. The van der Waals surface area contributed by atoms with E-state index >= 15 is 0 Å². The molecule has 0 amide bonds. The van der Waals surface area contributed by atoms with Gasteiger partial charge in [-0.25, -0.2) is 0 Å². The molecule has 0 saturated heterocycles. The van der Waals surface area contributed by atoms with Crippen molar-refractivity contribution in [3.05, 3.63) is 173 Å². The molecule has 2 aliphatic heterocycles. The van der Waals surface area contributed by atoms with Crippen LogP contribution in [0.2, 0.25) is 0 Å². The molecule has 2 aromatic heterocycles. The van der Waals surface area contributed by atoms with E-state index in [0.29, 0.717) is 5.41 Å². The Bertz CT molecular complexity index is 4300. The fourth-order valence-corrected chi connectivity index (χ4v) is 20.9. The fraction of sp³-hybridized carbons (Fsp3) is 0.360. The lowest BCUT2D eigenvalue weighted by Gasteiger charge is -2.57. The molecule has 0 N–H and O–H groups in total. The highest BCUT2D eigenvalue weighted by Gasteiger charge is 2.56. The second-order valence-corrected chi connectivity index (χ2v) is 29.3. The predicted octanol–water partition coefficient (Wildman–Crippen LogP) is 18.3. The summed E-state index contributed by atoms with van der Waals surface area (Å²) in [5.41, 5.74) is 25.6. The van der Waals surface area contributed by atoms with Crippen LogP contribution in [-0.2, 0) is 21.7 Å². The van der Waals surface area contributed by atoms with Gasteiger partial charge in [-0.15, -0.1) is 0 Å². The largest absolute Gasteiger partial charge is 0.466 e. The minimum atomic E-state index is -0.307. The first kappa shape index (κ1) is 45.0. The Labute approximate surface area is 465 Å². The van der Waals surface area contributed by atoms with Crippen molar-refractivity contribution in [1.82, 2.24) is 4.48 Å². The quantitative estimate of drug-likeness (QED) is 0.164. The Morgan fingerprint density at radius 3 is 1.87 bits per heavy atom. The second kappa shape index (κ2) is 15.0. The summed E-state index contributed by atoms with van der Waals surface area (Å²) >= 11 is 0. The van der Waals surface area contributed by atoms with E-state index in [4.69, 9.17) is 4.42 Å². The number of fused-ring (bicyclic) bond motifs is 15. The number of furan rings is 1. The summed E-state index contributed by atoms with van der Waals surface area (Å²) in [5.74, 6) is 5.25. The van der Waals surface area contributed by atoms with E-state index in [0.717, 1.165) is 46.8 Å². The molecule has 21 rings (SSSR count). The minimum Gasteiger partial charge on any atom is -0.466 e. The van der Waals surface area contributed by atoms with Gasteiger partial charge in [0.05, 0.1) is 16.8 Å². The van der Waals surface area contributed by atoms with Crippen molar-refractivity contribution in [3.63, 3.8) is 0 Å². The van der Waals surface area contributed by atoms with Gasteiger partial charge in [-0.1, -0.05) is 132 Å². The van der Waals surface area contributed by atoms with Gasteiger partial charge < -0.3 is 13.8 Å². The topological polar surface area (TPSA) is 21.3 Å². The number of aromatic nitrogens is 1. The van der Waals surface area contributed by atoms with Gasteiger partial charge >= 0.3 is 6.85 Å². The van der Waals surface area contributed by atoms with Gasteiger partial charge in [0.1, 0.15) is 11.2 Å². The molecule has 10 aromatic rings. The first-order chi connectivity index (χ1) is 38.4. The molecule has 388 valence electrons. The van der Waals surface area contributed by atoms with Gasteiger partial charge in [-0.2, -0.15) is 0 Å². The van der Waals surface area contributed by atoms with Crippen LogP contribution in [0.25, 0.3) is 76.9 Å². The average Bonchev–Trinajstić information content (AvgIpc) is 3.39. The number of nitrogens with zero attached hydrogens (tertiary/aromatic N) is 2. The molecule has 9 aliphatic carbocycles. The maximum absolute atomic E-state index is 7.84. The number of benzene rings is 8. The molecule has 79 heavy (non-hydrogen) atoms. The molecule has 4 heteroatoms. The zero-order chi connectivity index (χ0) is 52.2. The molecular formula is C75H69BN2O. The van der Waals surface area contributed by atoms with Crippen LogP contribution in [0.3, 0.4) is 0 Å². The van der Waals surface area contributed by atoms with Crippen molar-refractivity contribution in [1.29, 1.82) is 0 Å². The molecule has 3 nitrogen and oxygen atoms in total. The highest BCUT2D eigenvalue weighted by atomic mass is 16.3. The Balaban J connectivity index is 0.986. The van der Waals surface area contributed by atoms with Crippen LogP contribution in [0.4, 0.5) is 17.1 Å². The van der Waals surface area contributed by atoms with Crippen molar-refractivity contribution >= 4 is 78.6 Å². The summed E-state index contributed by atoms with van der Waals surface area (Å²) in [7, 11) is 0. The van der Waals surface area contributed by atoms with Crippen molar-refractivity contribution in [2.24, 2.45) is 35.5 Å². The molecule has 0 atom stereocenters. The van der Waals surface area contributed by atoms with Gasteiger partial charge in [-0.05, 0) is 244 Å². The summed E-state index contributed by atoms with van der Waals surface area (Å²) in [6, 6.07) is 58.1. The lowest BCUT2D eigenvalue weighted by Crippen LogP contribution is -2.56. The Kier molecular flexibility index (Phi) is 8.52. The Morgan fingerprint density at radius 2 is 1.16 bits per heavy atom. The number of rotatable bonds is 4. The van der Waals surface area contributed by atoms with Crippen molar-refractivity contribution in [2.75, 3.05) is 4.90 Å². The first-order valence-electron chi connectivity index (χ1n) is 30.8. The third kappa shape index (κ3) is 5.82. The van der Waals surface area contributed by atoms with Crippen LogP contribution in [0.5, 0.6) is 0 Å². The van der Waals surface area contributed by atoms with Crippen LogP contribution >= 0.6 is 0 Å². The molecule has 0 spiro atoms. The fourth-order valence-electron chi connectivity index (χ4n) is 20.9. The van der Waals surface area contributed by atoms with Crippen LogP contribution in [0.1, 0.15) is 139 Å². The third-order valence-corrected chi connectivity index (χ3v) is 23.3. The van der Waals surface area contributed by atoms with Crippen molar-refractivity contribution in [3.8, 4) is 33.4 Å². The third-order valence-electron chi connectivity index (χ3n) is 23.3. The van der Waals surface area contributed by atoms with Crippen molar-refractivity contribution in [2.45, 2.75) is 133 Å². The molecular weight excluding hydrogens is 956 g/mol. The zero-order valence-electron chi connectivity index (χ0n) is 46.7. The molecule has 0 unspecified atom stereocenters. The SMILES string of the molecule is CC(C)(C)c1ccc(N2c3c4c(cc5c3C(C)(C)c3ccccc3-5)-c3cc(C56CC7CC(CC(C7)C5)C6)cc5c6cc(C78CC9CC(CC(C9)C7)C8)ccc6n(c35)B4c3oc4ccc5ccccc5c4c32)c(-c2ccccc2)c1. The van der Waals surface area contributed by atoms with E-state index in [2.05, 4.69) is 190 Å². The predicted molar refractivity (Wildman–Crippen MR) is 329 cm³/mol. The van der Waals surface area contributed by atoms with E-state index in [-0.39, 0.29) is 23.1 Å². The average molecular weight is 1030 g/mol. The summed E-state index contributed by atoms with van der Waals surface area (Å²) in [6.45, 7) is 11.9. The number of hydrogen-bond acceptors (Lipinski definition) is 2. The van der Waals surface area contributed by atoms with Crippen LogP contribution in [0, 0.1) is 35.5 Å². The summed E-state index contributed by atoms with van der Waals surface area (Å²) in [4.78, 5) is 2.77. The molecule has 0 radical (unpaired) electrons. The number of hydrogen-bond donors (Lipinski definition) is 0. The van der Waals surface area contributed by atoms with E-state index in [1.54, 1.807) is 11.1 Å². The lowest BCUT2D eigenvalue weighted by atomic mass is 9.46. The van der Waals surface area contributed by atoms with E-state index < -0.39 is 0 Å². The molecule has 8 fully saturated rings. The van der Waals surface area contributed by atoms with Crippen LogP contribution < -0.4 is 16.0 Å².